The van der Waals surface area contributed by atoms with Gasteiger partial charge in [-0.25, -0.2) is 4.79 Å². The van der Waals surface area contributed by atoms with E-state index in [-0.39, 0.29) is 11.9 Å². The second kappa shape index (κ2) is 9.37. The number of hydrogen-bond donors (Lipinski definition) is 1. The summed E-state index contributed by atoms with van der Waals surface area (Å²) in [5, 5.41) is 9.95. The fraction of sp³-hybridized carbons (Fsp3) is 0.519. The van der Waals surface area contributed by atoms with Gasteiger partial charge >= 0.3 is 6.09 Å². The zero-order valence-corrected chi connectivity index (χ0v) is 20.1. The number of para-hydroxylation sites is 1. The highest BCUT2D eigenvalue weighted by Gasteiger charge is 2.45. The van der Waals surface area contributed by atoms with Crippen LogP contribution in [0.3, 0.4) is 0 Å². The first-order chi connectivity index (χ1) is 16.4. The van der Waals surface area contributed by atoms with E-state index >= 15 is 0 Å². The largest absolute Gasteiger partial charge is 0.465 e. The standard InChI is InChI=1S/C27H34N4O3/c1-18-11-12-28-19(2)25(18)26(32)30-16-20-14-29(15-21(20)17-30)23-9-6-10-24(13-23)31(27(33)34)22-7-4-3-5-8-22/h3-5,7-8,11-12,20-21,23-24H,6,9-10,13-17H2,1-2H3,(H,33,34). The monoisotopic (exact) mass is 462 g/mol. The summed E-state index contributed by atoms with van der Waals surface area (Å²) in [6.07, 6.45) is 4.84. The van der Waals surface area contributed by atoms with E-state index in [2.05, 4.69) is 9.88 Å². The number of amides is 2. The molecule has 3 aliphatic rings. The molecule has 1 N–H and O–H groups in total. The Morgan fingerprint density at radius 3 is 2.35 bits per heavy atom. The number of fused-ring (bicyclic) bond motifs is 1. The number of carboxylic acid groups (broad SMARTS) is 1. The number of benzene rings is 1. The molecule has 4 atom stereocenters. The first kappa shape index (κ1) is 22.8. The average molecular weight is 463 g/mol. The van der Waals surface area contributed by atoms with Crippen molar-refractivity contribution in [3.8, 4) is 0 Å². The highest BCUT2D eigenvalue weighted by molar-refractivity contribution is 5.96. The van der Waals surface area contributed by atoms with Gasteiger partial charge in [0.1, 0.15) is 0 Å². The van der Waals surface area contributed by atoms with Gasteiger partial charge in [0.2, 0.25) is 0 Å². The van der Waals surface area contributed by atoms with E-state index in [9.17, 15) is 14.7 Å². The molecule has 2 saturated heterocycles. The Morgan fingerprint density at radius 2 is 1.71 bits per heavy atom. The van der Waals surface area contributed by atoms with Crippen LogP contribution in [-0.2, 0) is 0 Å². The summed E-state index contributed by atoms with van der Waals surface area (Å²) in [5.41, 5.74) is 3.31. The predicted octanol–water partition coefficient (Wildman–Crippen LogP) is 4.20. The molecule has 1 aliphatic carbocycles. The molecule has 2 aromatic rings. The molecule has 3 heterocycles. The maximum absolute atomic E-state index is 13.2. The lowest BCUT2D eigenvalue weighted by Crippen LogP contribution is -2.48. The zero-order chi connectivity index (χ0) is 23.8. The number of carbonyl (C=O) groups is 2. The number of hydrogen-bond acceptors (Lipinski definition) is 4. The van der Waals surface area contributed by atoms with Crippen LogP contribution in [0.5, 0.6) is 0 Å². The molecule has 7 nitrogen and oxygen atoms in total. The Kier molecular flexibility index (Phi) is 6.30. The Hall–Kier alpha value is -2.93. The van der Waals surface area contributed by atoms with Gasteiger partial charge in [0.15, 0.2) is 0 Å². The highest BCUT2D eigenvalue weighted by Crippen LogP contribution is 2.37. The van der Waals surface area contributed by atoms with Crippen molar-refractivity contribution in [1.29, 1.82) is 0 Å². The molecule has 1 aromatic heterocycles. The SMILES string of the molecule is Cc1ccnc(C)c1C(=O)N1CC2CN(C3CCCC(N(C(=O)O)c4ccccc4)C3)CC2C1. The van der Waals surface area contributed by atoms with E-state index in [4.69, 9.17) is 0 Å². The molecular formula is C27H34N4O3. The van der Waals surface area contributed by atoms with Crippen molar-refractivity contribution in [2.75, 3.05) is 31.1 Å². The lowest BCUT2D eigenvalue weighted by Gasteiger charge is -2.40. The summed E-state index contributed by atoms with van der Waals surface area (Å²) < 4.78 is 0. The second-order valence-corrected chi connectivity index (χ2v) is 10.2. The van der Waals surface area contributed by atoms with Gasteiger partial charge in [0.05, 0.1) is 11.3 Å². The molecule has 1 aromatic carbocycles. The normalized spacial score (nSPS) is 26.9. The van der Waals surface area contributed by atoms with Crippen molar-refractivity contribution in [3.63, 3.8) is 0 Å². The molecule has 2 amide bonds. The number of nitrogens with zero attached hydrogens (tertiary/aromatic N) is 4. The Labute approximate surface area is 201 Å². The predicted molar refractivity (Wildman–Crippen MR) is 131 cm³/mol. The van der Waals surface area contributed by atoms with Crippen LogP contribution in [0.25, 0.3) is 0 Å². The minimum Gasteiger partial charge on any atom is -0.465 e. The number of aryl methyl sites for hydroxylation is 2. The van der Waals surface area contributed by atoms with Gasteiger partial charge in [-0.3, -0.25) is 19.6 Å². The Balaban J connectivity index is 1.22. The van der Waals surface area contributed by atoms with E-state index in [0.29, 0.717) is 17.9 Å². The molecule has 2 aliphatic heterocycles. The van der Waals surface area contributed by atoms with Crippen LogP contribution >= 0.6 is 0 Å². The van der Waals surface area contributed by atoms with Gasteiger partial charge in [0.25, 0.3) is 5.91 Å². The summed E-state index contributed by atoms with van der Waals surface area (Å²) in [4.78, 5) is 35.9. The number of rotatable bonds is 4. The number of pyridine rings is 1. The maximum Gasteiger partial charge on any atom is 0.412 e. The van der Waals surface area contributed by atoms with Crippen LogP contribution in [0.15, 0.2) is 42.6 Å². The van der Waals surface area contributed by atoms with Crippen molar-refractivity contribution < 1.29 is 14.7 Å². The van der Waals surface area contributed by atoms with Crippen molar-refractivity contribution in [3.05, 3.63) is 59.4 Å². The summed E-state index contributed by atoms with van der Waals surface area (Å²) in [6, 6.07) is 11.8. The minimum absolute atomic E-state index is 0.00805. The van der Waals surface area contributed by atoms with Crippen LogP contribution in [0, 0.1) is 25.7 Å². The second-order valence-electron chi connectivity index (χ2n) is 10.2. The molecule has 7 heteroatoms. The number of likely N-dealkylation sites (tertiary alicyclic amines) is 2. The van der Waals surface area contributed by atoms with Gasteiger partial charge in [0, 0.05) is 50.1 Å². The third kappa shape index (κ3) is 4.29. The maximum atomic E-state index is 13.2. The van der Waals surface area contributed by atoms with E-state index in [1.165, 1.54) is 0 Å². The van der Waals surface area contributed by atoms with Crippen LogP contribution in [0.2, 0.25) is 0 Å². The summed E-state index contributed by atoms with van der Waals surface area (Å²) in [6.45, 7) is 7.49. The first-order valence-corrected chi connectivity index (χ1v) is 12.4. The lowest BCUT2D eigenvalue weighted by atomic mass is 9.88. The summed E-state index contributed by atoms with van der Waals surface area (Å²) >= 11 is 0. The van der Waals surface area contributed by atoms with Crippen LogP contribution in [0.1, 0.15) is 47.3 Å². The fourth-order valence-electron chi connectivity index (χ4n) is 6.44. The minimum atomic E-state index is -0.870. The molecule has 0 spiro atoms. The summed E-state index contributed by atoms with van der Waals surface area (Å²) in [5.74, 6) is 1.10. The van der Waals surface area contributed by atoms with Gasteiger partial charge in [-0.1, -0.05) is 18.2 Å². The van der Waals surface area contributed by atoms with Crippen LogP contribution < -0.4 is 4.90 Å². The van der Waals surface area contributed by atoms with Crippen LogP contribution in [-0.4, -0.2) is 70.2 Å². The van der Waals surface area contributed by atoms with Crippen molar-refractivity contribution in [2.24, 2.45) is 11.8 Å². The topological polar surface area (TPSA) is 77.0 Å². The molecule has 3 fully saturated rings. The first-order valence-electron chi connectivity index (χ1n) is 12.4. The average Bonchev–Trinajstić information content (AvgIpc) is 3.39. The van der Waals surface area contributed by atoms with Crippen molar-refractivity contribution in [2.45, 2.75) is 51.6 Å². The van der Waals surface area contributed by atoms with E-state index in [0.717, 1.165) is 74.4 Å². The van der Waals surface area contributed by atoms with Crippen LogP contribution in [0.4, 0.5) is 10.5 Å². The molecule has 34 heavy (non-hydrogen) atoms. The zero-order valence-electron chi connectivity index (χ0n) is 20.1. The van der Waals surface area contributed by atoms with Gasteiger partial charge in [-0.2, -0.15) is 0 Å². The molecule has 5 rings (SSSR count). The number of aromatic nitrogens is 1. The summed E-state index contributed by atoms with van der Waals surface area (Å²) in [7, 11) is 0. The quantitative estimate of drug-likeness (QED) is 0.737. The smallest absolute Gasteiger partial charge is 0.412 e. The van der Waals surface area contributed by atoms with Crippen molar-refractivity contribution >= 4 is 17.7 Å². The third-order valence-corrected chi connectivity index (χ3v) is 8.11. The molecule has 4 unspecified atom stereocenters. The highest BCUT2D eigenvalue weighted by atomic mass is 16.4. The van der Waals surface area contributed by atoms with E-state index in [1.807, 2.05) is 55.1 Å². The fourth-order valence-corrected chi connectivity index (χ4v) is 6.44. The Morgan fingerprint density at radius 1 is 1.00 bits per heavy atom. The van der Waals surface area contributed by atoms with Gasteiger partial charge < -0.3 is 10.0 Å². The molecular weight excluding hydrogens is 428 g/mol. The number of anilines is 1. The molecule has 180 valence electrons. The van der Waals surface area contributed by atoms with Gasteiger partial charge in [-0.15, -0.1) is 0 Å². The van der Waals surface area contributed by atoms with E-state index < -0.39 is 6.09 Å². The number of carbonyl (C=O) groups excluding carboxylic acids is 1. The molecule has 0 bridgehead atoms. The Bertz CT molecular complexity index is 1020. The van der Waals surface area contributed by atoms with Crippen molar-refractivity contribution in [1.82, 2.24) is 14.8 Å². The lowest BCUT2D eigenvalue weighted by molar-refractivity contribution is 0.0762. The molecule has 1 saturated carbocycles. The third-order valence-electron chi connectivity index (χ3n) is 8.11. The van der Waals surface area contributed by atoms with Gasteiger partial charge in [-0.05, 0) is 75.1 Å². The molecule has 0 radical (unpaired) electrons. The van der Waals surface area contributed by atoms with E-state index in [1.54, 1.807) is 11.1 Å².